The maximum Gasteiger partial charge on any atom is 0.200 e. The Bertz CT molecular complexity index is 573. The zero-order chi connectivity index (χ0) is 14.7. The number of aromatic nitrogens is 5. The van der Waals surface area contributed by atoms with Gasteiger partial charge >= 0.3 is 0 Å². The van der Waals surface area contributed by atoms with Crippen LogP contribution in [-0.2, 0) is 0 Å². The van der Waals surface area contributed by atoms with Gasteiger partial charge in [0, 0.05) is 12.6 Å². The third kappa shape index (κ3) is 3.29. The van der Waals surface area contributed by atoms with E-state index in [2.05, 4.69) is 44.9 Å². The van der Waals surface area contributed by atoms with Crippen molar-refractivity contribution in [3.8, 4) is 0 Å². The highest BCUT2D eigenvalue weighted by Crippen LogP contribution is 2.28. The van der Waals surface area contributed by atoms with Crippen molar-refractivity contribution in [3.05, 3.63) is 12.1 Å². The van der Waals surface area contributed by atoms with Crippen LogP contribution in [0, 0.1) is 5.92 Å². The Morgan fingerprint density at radius 2 is 2.10 bits per heavy atom. The van der Waals surface area contributed by atoms with Gasteiger partial charge in [-0.15, -0.1) is 14.8 Å². The van der Waals surface area contributed by atoms with Crippen LogP contribution in [0.4, 0.5) is 5.82 Å². The molecule has 1 atom stereocenters. The smallest absolute Gasteiger partial charge is 0.200 e. The van der Waals surface area contributed by atoms with Crippen LogP contribution in [0.5, 0.6) is 0 Å². The Balaban J connectivity index is 1.65. The van der Waals surface area contributed by atoms with E-state index in [0.29, 0.717) is 11.7 Å². The van der Waals surface area contributed by atoms with Gasteiger partial charge in [0.1, 0.15) is 5.82 Å². The molecule has 0 aromatic carbocycles. The number of tetrazole rings is 1. The molecular formula is C14H23N7. The fourth-order valence-electron chi connectivity index (χ4n) is 3.24. The molecule has 0 radical (unpaired) electrons. The summed E-state index contributed by atoms with van der Waals surface area (Å²) in [4.78, 5) is 2.33. The standard InChI is InChI=1S/C14H23N7/c1-20(2)12(11-6-4-3-5-7-11)10-15-13-8-9-14-16-18-19-21(14)17-13/h8-9,11-12H,3-7,10H2,1-2H3,(H,15,17). The second-order valence-electron chi connectivity index (χ2n) is 6.06. The molecule has 1 aliphatic carbocycles. The molecule has 1 unspecified atom stereocenters. The quantitative estimate of drug-likeness (QED) is 0.898. The number of rotatable bonds is 5. The van der Waals surface area contributed by atoms with Crippen LogP contribution in [0.25, 0.3) is 5.65 Å². The van der Waals surface area contributed by atoms with Crippen LogP contribution in [0.3, 0.4) is 0 Å². The number of fused-ring (bicyclic) bond motifs is 1. The largest absolute Gasteiger partial charge is 0.367 e. The summed E-state index contributed by atoms with van der Waals surface area (Å²) in [5, 5.41) is 19.1. The summed E-state index contributed by atoms with van der Waals surface area (Å²) in [6.45, 7) is 0.901. The van der Waals surface area contributed by atoms with Crippen molar-refractivity contribution in [1.29, 1.82) is 0 Å². The van der Waals surface area contributed by atoms with Crippen molar-refractivity contribution in [2.45, 2.75) is 38.1 Å². The third-order valence-electron chi connectivity index (χ3n) is 4.42. The monoisotopic (exact) mass is 289 g/mol. The molecule has 2 heterocycles. The summed E-state index contributed by atoms with van der Waals surface area (Å²) in [6, 6.07) is 4.34. The summed E-state index contributed by atoms with van der Waals surface area (Å²) in [7, 11) is 4.33. The van der Waals surface area contributed by atoms with Gasteiger partial charge in [0.2, 0.25) is 0 Å². The highest BCUT2D eigenvalue weighted by Gasteiger charge is 2.25. The molecule has 114 valence electrons. The number of anilines is 1. The molecule has 0 bridgehead atoms. The molecule has 2 aromatic rings. The molecule has 21 heavy (non-hydrogen) atoms. The van der Waals surface area contributed by atoms with Gasteiger partial charge in [0.25, 0.3) is 0 Å². The summed E-state index contributed by atoms with van der Waals surface area (Å²) in [5.41, 5.74) is 0.664. The van der Waals surface area contributed by atoms with E-state index in [1.54, 1.807) is 0 Å². The van der Waals surface area contributed by atoms with E-state index in [0.717, 1.165) is 18.3 Å². The third-order valence-corrected chi connectivity index (χ3v) is 4.42. The van der Waals surface area contributed by atoms with Gasteiger partial charge < -0.3 is 10.2 Å². The summed E-state index contributed by atoms with van der Waals surface area (Å²) in [5.74, 6) is 1.59. The molecule has 1 N–H and O–H groups in total. The van der Waals surface area contributed by atoms with Gasteiger partial charge in [-0.05, 0) is 55.4 Å². The van der Waals surface area contributed by atoms with Crippen molar-refractivity contribution in [2.75, 3.05) is 26.0 Å². The van der Waals surface area contributed by atoms with E-state index in [-0.39, 0.29) is 0 Å². The first-order valence-electron chi connectivity index (χ1n) is 7.70. The fourth-order valence-corrected chi connectivity index (χ4v) is 3.24. The van der Waals surface area contributed by atoms with Gasteiger partial charge in [0.05, 0.1) is 0 Å². The van der Waals surface area contributed by atoms with Crippen molar-refractivity contribution < 1.29 is 0 Å². The van der Waals surface area contributed by atoms with Crippen LogP contribution in [0.1, 0.15) is 32.1 Å². The summed E-state index contributed by atoms with van der Waals surface area (Å²) in [6.07, 6.45) is 6.79. The van der Waals surface area contributed by atoms with Gasteiger partial charge in [0.15, 0.2) is 5.65 Å². The fraction of sp³-hybridized carbons (Fsp3) is 0.714. The predicted octanol–water partition coefficient (Wildman–Crippen LogP) is 1.44. The lowest BCUT2D eigenvalue weighted by molar-refractivity contribution is 0.179. The van der Waals surface area contributed by atoms with Gasteiger partial charge in [-0.2, -0.15) is 0 Å². The molecule has 0 amide bonds. The molecule has 1 aliphatic rings. The number of likely N-dealkylation sites (N-methyl/N-ethyl adjacent to an activating group) is 1. The number of nitrogens with one attached hydrogen (secondary N) is 1. The Hall–Kier alpha value is -1.76. The van der Waals surface area contributed by atoms with Crippen LogP contribution in [0.2, 0.25) is 0 Å². The lowest BCUT2D eigenvalue weighted by atomic mass is 9.83. The molecule has 2 aromatic heterocycles. The summed E-state index contributed by atoms with van der Waals surface area (Å²) >= 11 is 0. The highest BCUT2D eigenvalue weighted by atomic mass is 15.6. The normalized spacial score (nSPS) is 18.2. The number of hydrogen-bond acceptors (Lipinski definition) is 6. The second-order valence-corrected chi connectivity index (χ2v) is 6.06. The molecule has 7 nitrogen and oxygen atoms in total. The van der Waals surface area contributed by atoms with Crippen LogP contribution < -0.4 is 5.32 Å². The highest BCUT2D eigenvalue weighted by molar-refractivity contribution is 5.42. The Morgan fingerprint density at radius 1 is 1.29 bits per heavy atom. The average molecular weight is 289 g/mol. The van der Waals surface area contributed by atoms with Crippen molar-refractivity contribution in [1.82, 2.24) is 30.2 Å². The van der Waals surface area contributed by atoms with E-state index < -0.39 is 0 Å². The zero-order valence-corrected chi connectivity index (χ0v) is 12.7. The SMILES string of the molecule is CN(C)C(CNc1ccc2nnnn2n1)C1CCCCC1. The predicted molar refractivity (Wildman–Crippen MR) is 81.1 cm³/mol. The van der Waals surface area contributed by atoms with Crippen LogP contribution in [0.15, 0.2) is 12.1 Å². The Kier molecular flexibility index (Phi) is 4.28. The topological polar surface area (TPSA) is 71.2 Å². The van der Waals surface area contributed by atoms with Crippen molar-refractivity contribution in [2.24, 2.45) is 5.92 Å². The number of hydrogen-bond donors (Lipinski definition) is 1. The molecule has 0 aliphatic heterocycles. The maximum atomic E-state index is 4.36. The molecule has 0 spiro atoms. The molecule has 7 heteroatoms. The lowest BCUT2D eigenvalue weighted by Gasteiger charge is -2.35. The van der Waals surface area contributed by atoms with E-state index in [9.17, 15) is 0 Å². The first-order valence-corrected chi connectivity index (χ1v) is 7.70. The van der Waals surface area contributed by atoms with E-state index >= 15 is 0 Å². The Labute approximate surface area is 124 Å². The minimum atomic E-state index is 0.539. The summed E-state index contributed by atoms with van der Waals surface area (Å²) < 4.78 is 1.45. The minimum absolute atomic E-state index is 0.539. The van der Waals surface area contributed by atoms with Crippen LogP contribution >= 0.6 is 0 Å². The number of nitrogens with zero attached hydrogens (tertiary/aromatic N) is 6. The second kappa shape index (κ2) is 6.34. The first-order chi connectivity index (χ1) is 10.2. The first kappa shape index (κ1) is 14.2. The van der Waals surface area contributed by atoms with E-state index in [4.69, 9.17) is 0 Å². The van der Waals surface area contributed by atoms with Gasteiger partial charge in [-0.1, -0.05) is 19.3 Å². The van der Waals surface area contributed by atoms with E-state index in [1.165, 1.54) is 36.7 Å². The van der Waals surface area contributed by atoms with Gasteiger partial charge in [-0.3, -0.25) is 0 Å². The molecule has 1 fully saturated rings. The molecular weight excluding hydrogens is 266 g/mol. The van der Waals surface area contributed by atoms with Crippen molar-refractivity contribution in [3.63, 3.8) is 0 Å². The lowest BCUT2D eigenvalue weighted by Crippen LogP contribution is -2.41. The average Bonchev–Trinajstić information content (AvgIpc) is 2.96. The Morgan fingerprint density at radius 3 is 2.86 bits per heavy atom. The zero-order valence-electron chi connectivity index (χ0n) is 12.7. The molecule has 0 saturated heterocycles. The van der Waals surface area contributed by atoms with Crippen LogP contribution in [-0.4, -0.2) is 56.8 Å². The molecule has 3 rings (SSSR count). The van der Waals surface area contributed by atoms with E-state index in [1.807, 2.05) is 12.1 Å². The maximum absolute atomic E-state index is 4.36. The minimum Gasteiger partial charge on any atom is -0.367 e. The molecule has 1 saturated carbocycles. The van der Waals surface area contributed by atoms with Gasteiger partial charge in [-0.25, -0.2) is 0 Å². The van der Waals surface area contributed by atoms with Crippen molar-refractivity contribution >= 4 is 11.5 Å².